The first-order chi connectivity index (χ1) is 13.2. The molecule has 2 heterocycles. The van der Waals surface area contributed by atoms with Crippen LogP contribution in [0.15, 0.2) is 82.4 Å². The summed E-state index contributed by atoms with van der Waals surface area (Å²) in [6, 6.07) is 24.5. The first-order valence-corrected chi connectivity index (χ1v) is 9.99. The van der Waals surface area contributed by atoms with Crippen LogP contribution >= 0.6 is 27.5 Å². The zero-order chi connectivity index (χ0) is 18.4. The molecule has 3 nitrogen and oxygen atoms in total. The van der Waals surface area contributed by atoms with E-state index in [1.54, 1.807) is 0 Å². The minimum absolute atomic E-state index is 0.108. The molecule has 0 bridgehead atoms. The van der Waals surface area contributed by atoms with Crippen LogP contribution < -0.4 is 4.74 Å². The number of nitrogens with zero attached hydrogens (tertiary/aromatic N) is 2. The lowest BCUT2D eigenvalue weighted by molar-refractivity contribution is -0.0190. The summed E-state index contributed by atoms with van der Waals surface area (Å²) in [5, 5.41) is 7.75. The van der Waals surface area contributed by atoms with Crippen molar-refractivity contribution in [1.29, 1.82) is 0 Å². The molecule has 0 spiro atoms. The van der Waals surface area contributed by atoms with Crippen LogP contribution in [0.1, 0.15) is 35.4 Å². The number of hydrazone groups is 1. The van der Waals surface area contributed by atoms with E-state index in [0.717, 1.165) is 39.0 Å². The van der Waals surface area contributed by atoms with Crippen LogP contribution in [-0.4, -0.2) is 10.7 Å². The van der Waals surface area contributed by atoms with E-state index in [-0.39, 0.29) is 12.3 Å². The van der Waals surface area contributed by atoms with Gasteiger partial charge in [0.25, 0.3) is 0 Å². The summed E-state index contributed by atoms with van der Waals surface area (Å²) < 4.78 is 7.40. The van der Waals surface area contributed by atoms with E-state index >= 15 is 0 Å². The Labute approximate surface area is 171 Å². The summed E-state index contributed by atoms with van der Waals surface area (Å²) in [6.45, 7) is 0. The molecule has 0 aliphatic carbocycles. The lowest BCUT2D eigenvalue weighted by Crippen LogP contribution is -2.33. The highest BCUT2D eigenvalue weighted by Crippen LogP contribution is 2.48. The topological polar surface area (TPSA) is 24.8 Å². The Hall–Kier alpha value is -2.30. The molecule has 0 N–H and O–H groups in total. The lowest BCUT2D eigenvalue weighted by Gasteiger charge is -2.38. The maximum atomic E-state index is 6.34. The van der Waals surface area contributed by atoms with Crippen LogP contribution in [0.3, 0.4) is 0 Å². The second-order valence-corrected chi connectivity index (χ2v) is 8.07. The maximum absolute atomic E-state index is 6.34. The molecular weight excluding hydrogens is 424 g/mol. The number of halogens is 2. The zero-order valence-electron chi connectivity index (χ0n) is 14.3. The van der Waals surface area contributed by atoms with Gasteiger partial charge in [0.05, 0.1) is 11.8 Å². The summed E-state index contributed by atoms with van der Waals surface area (Å²) in [6.07, 6.45) is 0.569. The van der Waals surface area contributed by atoms with Crippen molar-refractivity contribution in [2.75, 3.05) is 0 Å². The molecule has 134 valence electrons. The van der Waals surface area contributed by atoms with Gasteiger partial charge in [-0.1, -0.05) is 70.0 Å². The molecule has 2 aliphatic heterocycles. The highest BCUT2D eigenvalue weighted by molar-refractivity contribution is 9.10. The summed E-state index contributed by atoms with van der Waals surface area (Å²) in [5.41, 5.74) is 4.36. The highest BCUT2D eigenvalue weighted by atomic mass is 79.9. The third-order valence-corrected chi connectivity index (χ3v) is 5.78. The van der Waals surface area contributed by atoms with Gasteiger partial charge in [-0.3, -0.25) is 0 Å². The number of hydrogen-bond donors (Lipinski definition) is 0. The molecule has 3 aromatic carbocycles. The van der Waals surface area contributed by atoms with Crippen molar-refractivity contribution < 1.29 is 4.74 Å². The third-order valence-electron chi connectivity index (χ3n) is 5.01. The fourth-order valence-electron chi connectivity index (χ4n) is 3.71. The van der Waals surface area contributed by atoms with E-state index in [4.69, 9.17) is 21.4 Å². The molecule has 2 atom stereocenters. The Bertz CT molecular complexity index is 1020. The summed E-state index contributed by atoms with van der Waals surface area (Å²) in [5.74, 6) is 0.877. The van der Waals surface area contributed by atoms with E-state index in [2.05, 4.69) is 45.2 Å². The predicted octanol–water partition coefficient (Wildman–Crippen LogP) is 6.34. The molecule has 0 saturated carbocycles. The monoisotopic (exact) mass is 438 g/mol. The molecule has 0 fully saturated rings. The molecule has 0 aromatic heterocycles. The van der Waals surface area contributed by atoms with E-state index in [0.29, 0.717) is 5.02 Å². The molecule has 0 unspecified atom stereocenters. The number of ether oxygens (including phenoxy) is 1. The van der Waals surface area contributed by atoms with Crippen molar-refractivity contribution in [3.8, 4) is 5.75 Å². The van der Waals surface area contributed by atoms with Crippen LogP contribution in [0.25, 0.3) is 0 Å². The van der Waals surface area contributed by atoms with Crippen molar-refractivity contribution in [1.82, 2.24) is 5.01 Å². The van der Waals surface area contributed by atoms with Crippen LogP contribution in [-0.2, 0) is 0 Å². The minimum Gasteiger partial charge on any atom is -0.464 e. The van der Waals surface area contributed by atoms with Gasteiger partial charge in [-0.05, 0) is 35.9 Å². The number of fused-ring (bicyclic) bond motifs is 3. The van der Waals surface area contributed by atoms with Crippen molar-refractivity contribution >= 4 is 33.2 Å². The van der Waals surface area contributed by atoms with E-state index in [1.807, 2.05) is 48.5 Å². The van der Waals surface area contributed by atoms with Crippen molar-refractivity contribution in [3.63, 3.8) is 0 Å². The smallest absolute Gasteiger partial charge is 0.213 e. The van der Waals surface area contributed by atoms with Gasteiger partial charge >= 0.3 is 0 Å². The second-order valence-electron chi connectivity index (χ2n) is 6.72. The van der Waals surface area contributed by atoms with Crippen molar-refractivity contribution in [2.24, 2.45) is 5.10 Å². The Morgan fingerprint density at radius 1 is 1.00 bits per heavy atom. The van der Waals surface area contributed by atoms with Gasteiger partial charge in [0.15, 0.2) is 0 Å². The second kappa shape index (κ2) is 6.70. The van der Waals surface area contributed by atoms with Crippen LogP contribution in [0.2, 0.25) is 5.02 Å². The first-order valence-electron chi connectivity index (χ1n) is 8.82. The summed E-state index contributed by atoms with van der Waals surface area (Å²) >= 11 is 9.77. The van der Waals surface area contributed by atoms with Gasteiger partial charge in [0.1, 0.15) is 5.75 Å². The van der Waals surface area contributed by atoms with Crippen LogP contribution in [0.4, 0.5) is 0 Å². The largest absolute Gasteiger partial charge is 0.464 e. The van der Waals surface area contributed by atoms with Crippen molar-refractivity contribution in [2.45, 2.75) is 18.7 Å². The molecule has 27 heavy (non-hydrogen) atoms. The van der Waals surface area contributed by atoms with Gasteiger partial charge in [0, 0.05) is 27.0 Å². The van der Waals surface area contributed by atoms with E-state index < -0.39 is 0 Å². The van der Waals surface area contributed by atoms with E-state index in [9.17, 15) is 0 Å². The summed E-state index contributed by atoms with van der Waals surface area (Å²) in [4.78, 5) is 0. The predicted molar refractivity (Wildman–Crippen MR) is 111 cm³/mol. The SMILES string of the molecule is Clc1ccc2c(c1)[C@@H]1CC(c3ccc(Br)cc3)=NN1[C@H](c1ccccc1)O2. The Kier molecular flexibility index (Phi) is 4.18. The Morgan fingerprint density at radius 2 is 1.78 bits per heavy atom. The average Bonchev–Trinajstić information content (AvgIpc) is 3.14. The molecule has 3 aromatic rings. The van der Waals surface area contributed by atoms with Crippen LogP contribution in [0.5, 0.6) is 5.75 Å². The zero-order valence-corrected chi connectivity index (χ0v) is 16.7. The Balaban J connectivity index is 1.60. The molecular formula is C22H16BrClN2O. The van der Waals surface area contributed by atoms with Gasteiger partial charge < -0.3 is 4.74 Å². The molecule has 5 rings (SSSR count). The summed E-state index contributed by atoms with van der Waals surface area (Å²) in [7, 11) is 0. The number of hydrogen-bond acceptors (Lipinski definition) is 3. The van der Waals surface area contributed by atoms with E-state index in [1.165, 1.54) is 0 Å². The molecule has 0 amide bonds. The first kappa shape index (κ1) is 16.8. The molecule has 0 saturated heterocycles. The number of benzene rings is 3. The quantitative estimate of drug-likeness (QED) is 0.465. The maximum Gasteiger partial charge on any atom is 0.213 e. The molecule has 0 radical (unpaired) electrons. The van der Waals surface area contributed by atoms with Gasteiger partial charge in [0.2, 0.25) is 6.23 Å². The average molecular weight is 440 g/mol. The fraction of sp³-hybridized carbons (Fsp3) is 0.136. The Morgan fingerprint density at radius 3 is 2.56 bits per heavy atom. The standard InChI is InChI=1S/C22H16BrClN2O/c23-16-8-6-14(7-9-16)19-13-20-18-12-17(24)10-11-21(18)27-22(26(20)25-19)15-4-2-1-3-5-15/h1-12,20,22H,13H2/t20-,22-/m0/s1. The minimum atomic E-state index is -0.252. The highest BCUT2D eigenvalue weighted by Gasteiger charge is 2.40. The number of rotatable bonds is 2. The molecule has 2 aliphatic rings. The fourth-order valence-corrected chi connectivity index (χ4v) is 4.16. The van der Waals surface area contributed by atoms with Crippen LogP contribution in [0, 0.1) is 0 Å². The lowest BCUT2D eigenvalue weighted by atomic mass is 9.96. The van der Waals surface area contributed by atoms with Gasteiger partial charge in [-0.25, -0.2) is 5.01 Å². The normalized spacial score (nSPS) is 20.5. The van der Waals surface area contributed by atoms with Gasteiger partial charge in [-0.2, -0.15) is 5.10 Å². The third kappa shape index (κ3) is 3.03. The van der Waals surface area contributed by atoms with Gasteiger partial charge in [-0.15, -0.1) is 0 Å². The molecule has 5 heteroatoms. The van der Waals surface area contributed by atoms with Crippen molar-refractivity contribution in [3.05, 3.63) is 99.0 Å².